The van der Waals surface area contributed by atoms with E-state index >= 15 is 0 Å². The van der Waals surface area contributed by atoms with Crippen LogP contribution in [-0.4, -0.2) is 11.7 Å². The summed E-state index contributed by atoms with van der Waals surface area (Å²) in [6.07, 6.45) is 4.14. The Morgan fingerprint density at radius 2 is 2.33 bits per heavy atom. The normalized spacial score (nSPS) is 16.4. The Balaban J connectivity index is 0.000000640. The monoisotopic (exact) mass is 168 g/mol. The van der Waals surface area contributed by atoms with Gasteiger partial charge in [-0.1, -0.05) is 6.08 Å². The largest absolute Gasteiger partial charge is 0.387 e. The van der Waals surface area contributed by atoms with Crippen LogP contribution in [-0.2, 0) is 16.8 Å². The molecule has 0 aromatic heterocycles. The molecule has 0 bridgehead atoms. The van der Waals surface area contributed by atoms with Gasteiger partial charge in [0.1, 0.15) is 11.7 Å². The minimum atomic E-state index is 0. The van der Waals surface area contributed by atoms with E-state index in [4.69, 9.17) is 11.1 Å². The Kier molecular flexibility index (Phi) is 3.19. The smallest absolute Gasteiger partial charge is 0.146 e. The molecule has 0 atom stereocenters. The zero-order valence-corrected chi connectivity index (χ0v) is 5.76. The van der Waals surface area contributed by atoms with Crippen molar-refractivity contribution in [2.24, 2.45) is 10.7 Å². The van der Waals surface area contributed by atoms with Crippen molar-refractivity contribution in [1.82, 2.24) is 0 Å². The predicted octanol–water partition coefficient (Wildman–Crippen LogP) is 0.278. The molecule has 0 saturated carbocycles. The van der Waals surface area contributed by atoms with Crippen LogP contribution in [0, 0.1) is 5.41 Å². The molecule has 0 fully saturated rings. The Hall–Kier alpha value is -0.614. The summed E-state index contributed by atoms with van der Waals surface area (Å²) in [5.41, 5.74) is 5.28. The first kappa shape index (κ1) is 8.39. The average Bonchev–Trinajstić information content (AvgIpc) is 1.64. The summed E-state index contributed by atoms with van der Waals surface area (Å²) in [4.78, 5) is 3.67. The van der Waals surface area contributed by atoms with Gasteiger partial charge in [0, 0.05) is 23.2 Å². The van der Waals surface area contributed by atoms with Gasteiger partial charge in [-0.25, -0.2) is 4.99 Å². The van der Waals surface area contributed by atoms with Crippen molar-refractivity contribution in [3.05, 3.63) is 12.2 Å². The van der Waals surface area contributed by atoms with Gasteiger partial charge in [0.25, 0.3) is 0 Å². The number of amidine groups is 2. The minimum absolute atomic E-state index is 0. The van der Waals surface area contributed by atoms with E-state index in [2.05, 4.69) is 4.99 Å². The van der Waals surface area contributed by atoms with Gasteiger partial charge >= 0.3 is 0 Å². The molecule has 4 heteroatoms. The molecule has 0 amide bonds. The summed E-state index contributed by atoms with van der Waals surface area (Å²) in [7, 11) is 0. The van der Waals surface area contributed by atoms with Crippen LogP contribution < -0.4 is 5.73 Å². The number of rotatable bonds is 0. The Labute approximate surface area is 63.7 Å². The van der Waals surface area contributed by atoms with Gasteiger partial charge in [-0.3, -0.25) is 5.41 Å². The van der Waals surface area contributed by atoms with Gasteiger partial charge in [-0.15, -0.1) is 0 Å². The van der Waals surface area contributed by atoms with E-state index in [0.29, 0.717) is 12.3 Å². The molecule has 1 rings (SSSR count). The summed E-state index contributed by atoms with van der Waals surface area (Å²) < 4.78 is 0. The molecular formula is C5H7CoN3. The molecule has 0 aromatic carbocycles. The molecular weight excluding hydrogens is 161 g/mol. The molecule has 0 aromatic rings. The van der Waals surface area contributed by atoms with Crippen LogP contribution in [0.4, 0.5) is 0 Å². The summed E-state index contributed by atoms with van der Waals surface area (Å²) in [6.45, 7) is 0. The van der Waals surface area contributed by atoms with E-state index in [1.807, 2.05) is 6.08 Å². The second-order valence-electron chi connectivity index (χ2n) is 1.59. The third-order valence-corrected chi connectivity index (χ3v) is 0.867. The molecule has 51 valence electrons. The van der Waals surface area contributed by atoms with Crippen LogP contribution in [0.25, 0.3) is 0 Å². The van der Waals surface area contributed by atoms with Crippen molar-refractivity contribution in [3.63, 3.8) is 0 Å². The van der Waals surface area contributed by atoms with Gasteiger partial charge in [0.2, 0.25) is 0 Å². The van der Waals surface area contributed by atoms with Crippen LogP contribution in [0.2, 0.25) is 0 Å². The first-order chi connectivity index (χ1) is 3.79. The summed E-state index contributed by atoms with van der Waals surface area (Å²) in [5, 5.41) is 6.96. The molecule has 1 radical (unpaired) electrons. The van der Waals surface area contributed by atoms with Crippen LogP contribution in [0.3, 0.4) is 0 Å². The number of nitrogens with one attached hydrogen (secondary N) is 1. The van der Waals surface area contributed by atoms with Crippen LogP contribution in [0.1, 0.15) is 6.42 Å². The SMILES string of the molecule is N=C1C=CCC(N)=N1.[Co]. The van der Waals surface area contributed by atoms with E-state index in [-0.39, 0.29) is 22.6 Å². The Morgan fingerprint density at radius 1 is 1.67 bits per heavy atom. The molecule has 0 aliphatic carbocycles. The van der Waals surface area contributed by atoms with Crippen molar-refractivity contribution in [2.45, 2.75) is 6.42 Å². The zero-order chi connectivity index (χ0) is 5.98. The molecule has 9 heavy (non-hydrogen) atoms. The van der Waals surface area contributed by atoms with Crippen LogP contribution in [0.5, 0.6) is 0 Å². The number of aliphatic imine (C=N–C) groups is 1. The Morgan fingerprint density at radius 3 is 2.67 bits per heavy atom. The fourth-order valence-corrected chi connectivity index (χ4v) is 0.529. The van der Waals surface area contributed by atoms with E-state index in [9.17, 15) is 0 Å². The van der Waals surface area contributed by atoms with Crippen molar-refractivity contribution >= 4 is 11.7 Å². The van der Waals surface area contributed by atoms with Gasteiger partial charge in [-0.2, -0.15) is 0 Å². The van der Waals surface area contributed by atoms with Crippen molar-refractivity contribution in [2.75, 3.05) is 0 Å². The standard InChI is InChI=1S/C5H7N3.Co/c6-4-2-1-3-5(7)8-4;/h1-2H,3H2,(H3,6,7,8);. The van der Waals surface area contributed by atoms with E-state index in [1.54, 1.807) is 6.08 Å². The maximum Gasteiger partial charge on any atom is 0.146 e. The molecule has 0 unspecified atom stereocenters. The fourth-order valence-electron chi connectivity index (χ4n) is 0.529. The molecule has 0 saturated heterocycles. The number of nitrogens with zero attached hydrogens (tertiary/aromatic N) is 1. The van der Waals surface area contributed by atoms with Gasteiger partial charge < -0.3 is 5.73 Å². The average molecular weight is 168 g/mol. The van der Waals surface area contributed by atoms with Crippen molar-refractivity contribution in [1.29, 1.82) is 5.41 Å². The summed E-state index contributed by atoms with van der Waals surface area (Å²) >= 11 is 0. The second-order valence-corrected chi connectivity index (χ2v) is 1.59. The van der Waals surface area contributed by atoms with Crippen LogP contribution in [0.15, 0.2) is 17.1 Å². The Bertz CT molecular complexity index is 171. The maximum absolute atomic E-state index is 6.96. The molecule has 3 nitrogen and oxygen atoms in total. The predicted molar refractivity (Wildman–Crippen MR) is 33.1 cm³/mol. The zero-order valence-electron chi connectivity index (χ0n) is 4.72. The van der Waals surface area contributed by atoms with Gasteiger partial charge in [0.05, 0.1) is 0 Å². The first-order valence-electron chi connectivity index (χ1n) is 2.37. The number of nitrogens with two attached hydrogens (primary N) is 1. The maximum atomic E-state index is 6.96. The summed E-state index contributed by atoms with van der Waals surface area (Å²) in [5.74, 6) is 0.770. The third-order valence-electron chi connectivity index (χ3n) is 0.867. The molecule has 1 aliphatic heterocycles. The minimum Gasteiger partial charge on any atom is -0.387 e. The number of hydrogen-bond donors (Lipinski definition) is 2. The fraction of sp³-hybridized carbons (Fsp3) is 0.200. The quantitative estimate of drug-likeness (QED) is 0.536. The van der Waals surface area contributed by atoms with E-state index in [1.165, 1.54) is 0 Å². The van der Waals surface area contributed by atoms with Crippen molar-refractivity contribution < 1.29 is 16.8 Å². The first-order valence-corrected chi connectivity index (χ1v) is 2.37. The third kappa shape index (κ3) is 2.43. The molecule has 1 aliphatic rings. The number of hydrogen-bond acceptors (Lipinski definition) is 2. The van der Waals surface area contributed by atoms with E-state index < -0.39 is 0 Å². The van der Waals surface area contributed by atoms with Gasteiger partial charge in [-0.05, 0) is 6.08 Å². The van der Waals surface area contributed by atoms with Gasteiger partial charge in [0.15, 0.2) is 0 Å². The second kappa shape index (κ2) is 3.42. The summed E-state index contributed by atoms with van der Waals surface area (Å²) in [6, 6.07) is 0. The molecule has 0 spiro atoms. The van der Waals surface area contributed by atoms with Crippen LogP contribution >= 0.6 is 0 Å². The molecule has 3 N–H and O–H groups in total. The van der Waals surface area contributed by atoms with E-state index in [0.717, 1.165) is 0 Å². The topological polar surface area (TPSA) is 62.2 Å². The van der Waals surface area contributed by atoms with Crippen molar-refractivity contribution in [3.8, 4) is 0 Å². The molecule has 1 heterocycles. The number of dihydropyridines is 1.